The van der Waals surface area contributed by atoms with Gasteiger partial charge in [0.2, 0.25) is 0 Å². The van der Waals surface area contributed by atoms with Crippen LogP contribution in [0.15, 0.2) is 24.3 Å². The van der Waals surface area contributed by atoms with Gasteiger partial charge in [0.15, 0.2) is 11.5 Å². The summed E-state index contributed by atoms with van der Waals surface area (Å²) >= 11 is 0. The van der Waals surface area contributed by atoms with Gasteiger partial charge in [-0.15, -0.1) is 0 Å². The van der Waals surface area contributed by atoms with Crippen LogP contribution in [0.3, 0.4) is 0 Å². The Morgan fingerprint density at radius 2 is 1.96 bits per heavy atom. The molecule has 1 atom stereocenters. The number of ether oxygens (including phenoxy) is 3. The van der Waals surface area contributed by atoms with Crippen LogP contribution in [0.1, 0.15) is 28.2 Å². The Morgan fingerprint density at radius 1 is 1.19 bits per heavy atom. The maximum Gasteiger partial charge on any atom is 0.317 e. The maximum atomic E-state index is 12.9. The highest BCUT2D eigenvalue weighted by atomic mass is 16.6. The Labute approximate surface area is 151 Å². The number of hydrogen-bond donors (Lipinski definition) is 0. The summed E-state index contributed by atoms with van der Waals surface area (Å²) in [5, 5.41) is 0. The number of carbonyl (C=O) groups excluding carboxylic acids is 1. The Hall–Kier alpha value is -2.83. The minimum atomic E-state index is -0.114. The monoisotopic (exact) mass is 355 g/mol. The molecule has 0 saturated carbocycles. The quantitative estimate of drug-likeness (QED) is 0.840. The van der Waals surface area contributed by atoms with Crippen LogP contribution in [-0.4, -0.2) is 53.2 Å². The number of aromatic nitrogens is 2. The van der Waals surface area contributed by atoms with Crippen LogP contribution in [0, 0.1) is 13.8 Å². The third kappa shape index (κ3) is 3.29. The highest BCUT2D eigenvalue weighted by molar-refractivity contribution is 5.98. The smallest absolute Gasteiger partial charge is 0.317 e. The fourth-order valence-electron chi connectivity index (χ4n) is 3.32. The fraction of sp³-hybridized carbons (Fsp3) is 0.421. The molecule has 0 radical (unpaired) electrons. The fourth-order valence-corrected chi connectivity index (χ4v) is 3.32. The van der Waals surface area contributed by atoms with Gasteiger partial charge in [0.05, 0.1) is 12.1 Å². The van der Waals surface area contributed by atoms with Crippen LogP contribution < -0.4 is 14.2 Å². The van der Waals surface area contributed by atoms with Gasteiger partial charge >= 0.3 is 6.01 Å². The molecule has 0 aliphatic carbocycles. The lowest BCUT2D eigenvalue weighted by molar-refractivity contribution is 0.0759. The van der Waals surface area contributed by atoms with Crippen LogP contribution in [0.5, 0.6) is 17.5 Å². The molecular formula is C19H21N3O4. The third-order valence-electron chi connectivity index (χ3n) is 4.46. The number of para-hydroxylation sites is 1. The molecule has 1 aromatic carbocycles. The van der Waals surface area contributed by atoms with Crippen molar-refractivity contribution in [3.63, 3.8) is 0 Å². The molecule has 3 heterocycles. The maximum absolute atomic E-state index is 12.9. The van der Waals surface area contributed by atoms with Gasteiger partial charge in [0.1, 0.15) is 19.3 Å². The SMILES string of the molecule is Cc1cc(C)nc(O[C@@H]2CCN(C(=O)c3cccc4c3OCCO4)C2)n1. The van der Waals surface area contributed by atoms with E-state index in [4.69, 9.17) is 14.2 Å². The van der Waals surface area contributed by atoms with E-state index in [9.17, 15) is 4.79 Å². The van der Waals surface area contributed by atoms with E-state index < -0.39 is 0 Å². The molecule has 0 unspecified atom stereocenters. The number of fused-ring (bicyclic) bond motifs is 1. The normalized spacial score (nSPS) is 18.7. The lowest BCUT2D eigenvalue weighted by atomic mass is 10.1. The lowest BCUT2D eigenvalue weighted by Crippen LogP contribution is -2.32. The van der Waals surface area contributed by atoms with Crippen LogP contribution in [0.25, 0.3) is 0 Å². The molecule has 1 amide bonds. The number of carbonyl (C=O) groups is 1. The molecule has 0 spiro atoms. The van der Waals surface area contributed by atoms with Crippen molar-refractivity contribution in [2.75, 3.05) is 26.3 Å². The number of benzene rings is 1. The predicted octanol–water partition coefficient (Wildman–Crippen LogP) is 2.16. The Bertz CT molecular complexity index is 819. The third-order valence-corrected chi connectivity index (χ3v) is 4.46. The molecule has 26 heavy (non-hydrogen) atoms. The number of amides is 1. The molecule has 1 fully saturated rings. The van der Waals surface area contributed by atoms with E-state index >= 15 is 0 Å². The van der Waals surface area contributed by atoms with E-state index in [0.717, 1.165) is 17.8 Å². The summed E-state index contributed by atoms with van der Waals surface area (Å²) in [6.45, 7) is 5.89. The molecule has 4 rings (SSSR count). The van der Waals surface area contributed by atoms with Crippen molar-refractivity contribution >= 4 is 5.91 Å². The first-order chi connectivity index (χ1) is 12.6. The summed E-state index contributed by atoms with van der Waals surface area (Å²) in [6.07, 6.45) is 0.630. The molecule has 2 aliphatic rings. The molecule has 0 N–H and O–H groups in total. The van der Waals surface area contributed by atoms with Gasteiger partial charge in [-0.05, 0) is 32.0 Å². The molecule has 0 bridgehead atoms. The van der Waals surface area contributed by atoms with Crippen LogP contribution in [0.4, 0.5) is 0 Å². The van der Waals surface area contributed by atoms with Gasteiger partial charge in [-0.3, -0.25) is 4.79 Å². The summed E-state index contributed by atoms with van der Waals surface area (Å²) in [4.78, 5) is 23.3. The molecule has 1 saturated heterocycles. The topological polar surface area (TPSA) is 73.8 Å². The van der Waals surface area contributed by atoms with Gasteiger partial charge in [-0.1, -0.05) is 6.07 Å². The molecule has 7 heteroatoms. The van der Waals surface area contributed by atoms with Crippen LogP contribution in [-0.2, 0) is 0 Å². The van der Waals surface area contributed by atoms with Crippen molar-refractivity contribution in [3.8, 4) is 17.5 Å². The lowest BCUT2D eigenvalue weighted by Gasteiger charge is -2.23. The van der Waals surface area contributed by atoms with E-state index in [1.807, 2.05) is 32.0 Å². The first kappa shape index (κ1) is 16.6. The second-order valence-electron chi connectivity index (χ2n) is 6.54. The van der Waals surface area contributed by atoms with Crippen molar-refractivity contribution in [2.45, 2.75) is 26.4 Å². The number of aryl methyl sites for hydroxylation is 2. The van der Waals surface area contributed by atoms with Gasteiger partial charge < -0.3 is 19.1 Å². The second kappa shape index (κ2) is 6.82. The second-order valence-corrected chi connectivity index (χ2v) is 6.54. The van der Waals surface area contributed by atoms with E-state index in [1.165, 1.54) is 0 Å². The van der Waals surface area contributed by atoms with Gasteiger partial charge in [-0.2, -0.15) is 0 Å². The minimum absolute atomic E-state index is 0.0696. The largest absolute Gasteiger partial charge is 0.486 e. The van der Waals surface area contributed by atoms with Crippen molar-refractivity contribution in [1.82, 2.24) is 14.9 Å². The molecule has 7 nitrogen and oxygen atoms in total. The minimum Gasteiger partial charge on any atom is -0.486 e. The summed E-state index contributed by atoms with van der Waals surface area (Å²) in [6, 6.07) is 7.68. The number of nitrogens with zero attached hydrogens (tertiary/aromatic N) is 3. The van der Waals surface area contributed by atoms with Crippen molar-refractivity contribution in [1.29, 1.82) is 0 Å². The van der Waals surface area contributed by atoms with Gasteiger partial charge in [-0.25, -0.2) is 9.97 Å². The van der Waals surface area contributed by atoms with Gasteiger partial charge in [0.25, 0.3) is 5.91 Å². The van der Waals surface area contributed by atoms with Gasteiger partial charge in [0, 0.05) is 24.4 Å². The van der Waals surface area contributed by atoms with Crippen LogP contribution >= 0.6 is 0 Å². The Kier molecular flexibility index (Phi) is 4.36. The van der Waals surface area contributed by atoms with Crippen LogP contribution in [0.2, 0.25) is 0 Å². The summed E-state index contributed by atoms with van der Waals surface area (Å²) in [5.41, 5.74) is 2.27. The molecular weight excluding hydrogens is 334 g/mol. The Morgan fingerprint density at radius 3 is 2.77 bits per heavy atom. The molecule has 136 valence electrons. The van der Waals surface area contributed by atoms with Crippen molar-refractivity contribution in [2.24, 2.45) is 0 Å². The Balaban J connectivity index is 1.46. The molecule has 1 aromatic heterocycles. The van der Waals surface area contributed by atoms with E-state index in [1.54, 1.807) is 11.0 Å². The summed E-state index contributed by atoms with van der Waals surface area (Å²) in [7, 11) is 0. The number of hydrogen-bond acceptors (Lipinski definition) is 6. The zero-order valence-electron chi connectivity index (χ0n) is 14.9. The first-order valence-corrected chi connectivity index (χ1v) is 8.77. The molecule has 2 aromatic rings. The number of likely N-dealkylation sites (tertiary alicyclic amines) is 1. The standard InChI is InChI=1S/C19H21N3O4/c1-12-10-13(2)21-19(20-12)26-14-6-7-22(11-14)18(23)15-4-3-5-16-17(15)25-9-8-24-16/h3-5,10,14H,6-9,11H2,1-2H3/t14-/m1/s1. The highest BCUT2D eigenvalue weighted by Crippen LogP contribution is 2.34. The average Bonchev–Trinajstić information content (AvgIpc) is 3.08. The zero-order valence-corrected chi connectivity index (χ0v) is 14.9. The summed E-state index contributed by atoms with van der Waals surface area (Å²) < 4.78 is 17.1. The van der Waals surface area contributed by atoms with E-state index in [2.05, 4.69) is 9.97 Å². The predicted molar refractivity (Wildman–Crippen MR) is 93.9 cm³/mol. The number of rotatable bonds is 3. The first-order valence-electron chi connectivity index (χ1n) is 8.77. The van der Waals surface area contributed by atoms with Crippen molar-refractivity contribution < 1.29 is 19.0 Å². The zero-order chi connectivity index (χ0) is 18.1. The highest BCUT2D eigenvalue weighted by Gasteiger charge is 2.31. The average molecular weight is 355 g/mol. The molecule has 2 aliphatic heterocycles. The van der Waals surface area contributed by atoms with Crippen molar-refractivity contribution in [3.05, 3.63) is 41.2 Å². The van der Waals surface area contributed by atoms with E-state index in [0.29, 0.717) is 49.4 Å². The summed E-state index contributed by atoms with van der Waals surface area (Å²) in [5.74, 6) is 1.09. The van der Waals surface area contributed by atoms with E-state index in [-0.39, 0.29) is 12.0 Å².